The summed E-state index contributed by atoms with van der Waals surface area (Å²) in [6.07, 6.45) is 1.28. The number of nitrogens with one attached hydrogen (secondary N) is 1. The van der Waals surface area contributed by atoms with Gasteiger partial charge in [-0.15, -0.1) is 0 Å². The summed E-state index contributed by atoms with van der Waals surface area (Å²) in [7, 11) is -4.42. The maximum Gasteiger partial charge on any atom is 0.246 e. The fourth-order valence-corrected chi connectivity index (χ4v) is 2.95. The summed E-state index contributed by atoms with van der Waals surface area (Å²) < 4.78 is 65.1. The summed E-state index contributed by atoms with van der Waals surface area (Å²) in [6.45, 7) is -0.314. The van der Waals surface area contributed by atoms with Gasteiger partial charge in [0.15, 0.2) is 4.90 Å². The Balaban J connectivity index is 2.25. The third-order valence-corrected chi connectivity index (χ3v) is 4.61. The lowest BCUT2D eigenvalue weighted by molar-refractivity contribution is 0.213. The Kier molecular flexibility index (Phi) is 3.59. The number of rotatable bonds is 5. The number of sulfonamides is 1. The van der Waals surface area contributed by atoms with E-state index in [1.54, 1.807) is 0 Å². The van der Waals surface area contributed by atoms with Crippen molar-refractivity contribution in [3.05, 3.63) is 29.6 Å². The number of halogens is 3. The molecule has 19 heavy (non-hydrogen) atoms. The van der Waals surface area contributed by atoms with Crippen LogP contribution in [0.5, 0.6) is 0 Å². The van der Waals surface area contributed by atoms with Gasteiger partial charge in [0.2, 0.25) is 10.0 Å². The van der Waals surface area contributed by atoms with Gasteiger partial charge in [-0.1, -0.05) is 0 Å². The van der Waals surface area contributed by atoms with E-state index >= 15 is 0 Å². The van der Waals surface area contributed by atoms with Crippen molar-refractivity contribution in [3.63, 3.8) is 0 Å². The molecule has 1 aromatic rings. The number of hydrogen-bond donors (Lipinski definition) is 2. The second-order valence-corrected chi connectivity index (χ2v) is 6.39. The topological polar surface area (TPSA) is 66.4 Å². The van der Waals surface area contributed by atoms with E-state index in [0.29, 0.717) is 25.0 Å². The zero-order valence-corrected chi connectivity index (χ0v) is 10.6. The zero-order chi connectivity index (χ0) is 14.3. The molecule has 0 radical (unpaired) electrons. The van der Waals surface area contributed by atoms with Crippen LogP contribution in [0.1, 0.15) is 12.8 Å². The van der Waals surface area contributed by atoms with E-state index in [4.69, 9.17) is 5.11 Å². The Hall–Kier alpha value is -1.12. The van der Waals surface area contributed by atoms with Crippen LogP contribution >= 0.6 is 0 Å². The minimum Gasteiger partial charge on any atom is -0.396 e. The van der Waals surface area contributed by atoms with Crippen LogP contribution in [0.15, 0.2) is 17.0 Å². The molecular formula is C11H12F3NO3S. The standard InChI is InChI=1S/C11H12F3NO3S/c12-7-3-8(13)10(9(14)4-7)19(17,18)15-5-11(6-16)1-2-11/h3-4,15-16H,1-2,5-6H2. The molecule has 2 N–H and O–H groups in total. The average molecular weight is 295 g/mol. The number of benzene rings is 1. The van der Waals surface area contributed by atoms with Gasteiger partial charge in [0.1, 0.15) is 17.5 Å². The fraction of sp³-hybridized carbons (Fsp3) is 0.455. The third kappa shape index (κ3) is 2.90. The monoisotopic (exact) mass is 295 g/mol. The van der Waals surface area contributed by atoms with E-state index in [-0.39, 0.29) is 13.2 Å². The van der Waals surface area contributed by atoms with Crippen molar-refractivity contribution in [2.24, 2.45) is 5.41 Å². The Morgan fingerprint density at radius 3 is 2.16 bits per heavy atom. The summed E-state index contributed by atoms with van der Waals surface area (Å²) in [5, 5.41) is 9.04. The predicted molar refractivity (Wildman–Crippen MR) is 60.3 cm³/mol. The van der Waals surface area contributed by atoms with Crippen LogP contribution < -0.4 is 4.72 Å². The molecule has 4 nitrogen and oxygen atoms in total. The molecule has 106 valence electrons. The molecule has 8 heteroatoms. The second-order valence-electron chi connectivity index (χ2n) is 4.68. The van der Waals surface area contributed by atoms with Crippen LogP contribution in [0, 0.1) is 22.9 Å². The first-order valence-corrected chi connectivity index (χ1v) is 7.03. The van der Waals surface area contributed by atoms with Crippen LogP contribution in [0.2, 0.25) is 0 Å². The van der Waals surface area contributed by atoms with E-state index < -0.39 is 37.8 Å². The van der Waals surface area contributed by atoms with Crippen LogP contribution in [0.25, 0.3) is 0 Å². The molecule has 0 heterocycles. The molecule has 1 aliphatic carbocycles. The molecule has 0 unspecified atom stereocenters. The highest BCUT2D eigenvalue weighted by Crippen LogP contribution is 2.44. The van der Waals surface area contributed by atoms with Crippen molar-refractivity contribution in [1.82, 2.24) is 4.72 Å². The largest absolute Gasteiger partial charge is 0.396 e. The van der Waals surface area contributed by atoms with E-state index in [9.17, 15) is 21.6 Å². The zero-order valence-electron chi connectivity index (χ0n) is 9.79. The molecular weight excluding hydrogens is 283 g/mol. The Morgan fingerprint density at radius 1 is 1.21 bits per heavy atom. The van der Waals surface area contributed by atoms with Crippen molar-refractivity contribution >= 4 is 10.0 Å². The van der Waals surface area contributed by atoms with E-state index in [2.05, 4.69) is 0 Å². The van der Waals surface area contributed by atoms with Gasteiger partial charge in [-0.25, -0.2) is 26.3 Å². The van der Waals surface area contributed by atoms with Crippen molar-refractivity contribution in [2.75, 3.05) is 13.2 Å². The summed E-state index contributed by atoms with van der Waals surface area (Å²) in [5.41, 5.74) is -0.542. The summed E-state index contributed by atoms with van der Waals surface area (Å²) in [4.78, 5) is -1.21. The first-order valence-electron chi connectivity index (χ1n) is 5.55. The van der Waals surface area contributed by atoms with Gasteiger partial charge in [0.05, 0.1) is 0 Å². The van der Waals surface area contributed by atoms with Gasteiger partial charge in [-0.05, 0) is 12.8 Å². The van der Waals surface area contributed by atoms with Crippen molar-refractivity contribution in [2.45, 2.75) is 17.7 Å². The molecule has 0 atom stereocenters. The van der Waals surface area contributed by atoms with E-state index in [1.807, 2.05) is 4.72 Å². The van der Waals surface area contributed by atoms with Crippen molar-refractivity contribution < 1.29 is 26.7 Å². The SMILES string of the molecule is O=S(=O)(NCC1(CO)CC1)c1c(F)cc(F)cc1F. The third-order valence-electron chi connectivity index (χ3n) is 3.16. The van der Waals surface area contributed by atoms with Crippen LogP contribution in [0.4, 0.5) is 13.2 Å². The number of aliphatic hydroxyl groups is 1. The smallest absolute Gasteiger partial charge is 0.246 e. The highest BCUT2D eigenvalue weighted by Gasteiger charge is 2.43. The minimum absolute atomic E-state index is 0.109. The average Bonchev–Trinajstić information content (AvgIpc) is 3.05. The van der Waals surface area contributed by atoms with Gasteiger partial charge in [-0.3, -0.25) is 0 Å². The van der Waals surface area contributed by atoms with E-state index in [1.165, 1.54) is 0 Å². The Morgan fingerprint density at radius 2 is 1.74 bits per heavy atom. The summed E-state index contributed by atoms with van der Waals surface area (Å²) in [6, 6.07) is 0.604. The lowest BCUT2D eigenvalue weighted by Gasteiger charge is -2.13. The quantitative estimate of drug-likeness (QED) is 0.856. The second kappa shape index (κ2) is 4.77. The van der Waals surface area contributed by atoms with Crippen molar-refractivity contribution in [1.29, 1.82) is 0 Å². The molecule has 0 spiro atoms. The molecule has 0 saturated heterocycles. The van der Waals surface area contributed by atoms with Crippen LogP contribution in [-0.4, -0.2) is 26.7 Å². The molecule has 0 aromatic heterocycles. The molecule has 0 bridgehead atoms. The maximum atomic E-state index is 13.4. The highest BCUT2D eigenvalue weighted by molar-refractivity contribution is 7.89. The Labute approximate surface area is 108 Å². The van der Waals surface area contributed by atoms with Crippen LogP contribution in [0.3, 0.4) is 0 Å². The molecule has 0 amide bonds. The molecule has 0 aliphatic heterocycles. The van der Waals surface area contributed by atoms with Gasteiger partial charge in [-0.2, -0.15) is 0 Å². The number of aliphatic hydroxyl groups excluding tert-OH is 1. The fourth-order valence-electron chi connectivity index (χ4n) is 1.67. The lowest BCUT2D eigenvalue weighted by atomic mass is 10.1. The maximum absolute atomic E-state index is 13.4. The minimum atomic E-state index is -4.42. The van der Waals surface area contributed by atoms with Gasteiger partial charge in [0, 0.05) is 30.7 Å². The molecule has 1 aliphatic rings. The first-order chi connectivity index (χ1) is 8.80. The lowest BCUT2D eigenvalue weighted by Crippen LogP contribution is -2.33. The number of hydrogen-bond acceptors (Lipinski definition) is 3. The first kappa shape index (κ1) is 14.3. The van der Waals surface area contributed by atoms with Gasteiger partial charge in [0.25, 0.3) is 0 Å². The molecule has 1 fully saturated rings. The molecule has 2 rings (SSSR count). The van der Waals surface area contributed by atoms with Crippen LogP contribution in [-0.2, 0) is 10.0 Å². The molecule has 1 saturated carbocycles. The van der Waals surface area contributed by atoms with Gasteiger partial charge >= 0.3 is 0 Å². The predicted octanol–water partition coefficient (Wildman–Crippen LogP) is 1.15. The summed E-state index contributed by atoms with van der Waals surface area (Å²) in [5.74, 6) is -4.17. The highest BCUT2D eigenvalue weighted by atomic mass is 32.2. The van der Waals surface area contributed by atoms with Crippen molar-refractivity contribution in [3.8, 4) is 0 Å². The van der Waals surface area contributed by atoms with E-state index in [0.717, 1.165) is 0 Å². The Bertz CT molecular complexity index is 576. The van der Waals surface area contributed by atoms with Gasteiger partial charge < -0.3 is 5.11 Å². The molecule has 1 aromatic carbocycles. The summed E-state index contributed by atoms with van der Waals surface area (Å²) >= 11 is 0. The normalized spacial score (nSPS) is 17.5.